The topological polar surface area (TPSA) is 138 Å². The fourth-order valence-corrected chi connectivity index (χ4v) is 6.25. The monoisotopic (exact) mass is 519 g/mol. The van der Waals surface area contributed by atoms with Crippen molar-refractivity contribution in [1.29, 1.82) is 0 Å². The summed E-state index contributed by atoms with van der Waals surface area (Å²) in [5, 5.41) is 9.62. The number of nitrogens with zero attached hydrogens (tertiary/aromatic N) is 2. The van der Waals surface area contributed by atoms with E-state index in [0.717, 1.165) is 23.3 Å². The highest BCUT2D eigenvalue weighted by atomic mass is 32.2. The van der Waals surface area contributed by atoms with E-state index in [1.165, 1.54) is 18.4 Å². The van der Waals surface area contributed by atoms with Crippen LogP contribution >= 0.6 is 11.3 Å². The highest BCUT2D eigenvalue weighted by Crippen LogP contribution is 2.40. The molecule has 0 bridgehead atoms. The molecule has 1 N–H and O–H groups in total. The molecule has 2 aromatic heterocycles. The number of thiophene rings is 1. The molecule has 0 saturated heterocycles. The van der Waals surface area contributed by atoms with Crippen LogP contribution in [0.1, 0.15) is 41.1 Å². The van der Waals surface area contributed by atoms with Gasteiger partial charge in [-0.05, 0) is 49.8 Å². The van der Waals surface area contributed by atoms with Crippen LogP contribution in [0.5, 0.6) is 5.75 Å². The lowest BCUT2D eigenvalue weighted by molar-refractivity contribution is -0.113. The van der Waals surface area contributed by atoms with Gasteiger partial charge in [-0.25, -0.2) is 13.2 Å². The molecule has 1 aromatic carbocycles. The predicted octanol–water partition coefficient (Wildman–Crippen LogP) is 3.52. The first-order valence-corrected chi connectivity index (χ1v) is 13.5. The van der Waals surface area contributed by atoms with E-state index in [-0.39, 0.29) is 12.5 Å². The maximum Gasteiger partial charge on any atom is 0.341 e. The largest absolute Gasteiger partial charge is 0.496 e. The Balaban J connectivity index is 1.55. The van der Waals surface area contributed by atoms with Gasteiger partial charge in [0, 0.05) is 4.88 Å². The van der Waals surface area contributed by atoms with Crippen molar-refractivity contribution in [1.82, 2.24) is 10.2 Å². The fourth-order valence-electron chi connectivity index (χ4n) is 3.92. The molecule has 1 aliphatic carbocycles. The number of carbonyl (C=O) groups is 2. The molecule has 0 radical (unpaired) electrons. The summed E-state index contributed by atoms with van der Waals surface area (Å²) in [6.45, 7) is 4.02. The number of benzene rings is 1. The maximum absolute atomic E-state index is 12.8. The number of anilines is 1. The lowest BCUT2D eigenvalue weighted by atomic mass is 9.88. The van der Waals surface area contributed by atoms with Gasteiger partial charge < -0.3 is 19.2 Å². The van der Waals surface area contributed by atoms with Gasteiger partial charge in [0.15, 0.2) is 0 Å². The molecule has 3 aromatic rings. The van der Waals surface area contributed by atoms with Crippen molar-refractivity contribution < 1.29 is 31.9 Å². The van der Waals surface area contributed by atoms with Crippen LogP contribution in [-0.4, -0.2) is 50.0 Å². The van der Waals surface area contributed by atoms with Crippen LogP contribution in [0, 0.1) is 5.92 Å². The first-order valence-electron chi connectivity index (χ1n) is 11.0. The SMILES string of the molecule is CCOC(=O)c1c(NC(=O)CS(=O)(=O)c2nnc(-c3ccccc3OC)o2)sc2c1CCC(C)C2. The minimum absolute atomic E-state index is 0.0499. The third-order valence-electron chi connectivity index (χ3n) is 5.58. The van der Waals surface area contributed by atoms with Crippen molar-refractivity contribution in [2.75, 3.05) is 24.8 Å². The first-order chi connectivity index (χ1) is 16.7. The average molecular weight is 520 g/mol. The van der Waals surface area contributed by atoms with Crippen LogP contribution in [0.15, 0.2) is 33.9 Å². The first kappa shape index (κ1) is 24.9. The van der Waals surface area contributed by atoms with E-state index in [1.54, 1.807) is 31.2 Å². The second-order valence-corrected chi connectivity index (χ2v) is 11.1. The van der Waals surface area contributed by atoms with Crippen molar-refractivity contribution in [2.24, 2.45) is 5.92 Å². The predicted molar refractivity (Wildman–Crippen MR) is 128 cm³/mol. The molecular formula is C23H25N3O7S2. The van der Waals surface area contributed by atoms with Gasteiger partial charge in [0.25, 0.3) is 5.89 Å². The van der Waals surface area contributed by atoms with E-state index in [1.807, 2.05) is 0 Å². The molecule has 10 nitrogen and oxygen atoms in total. The van der Waals surface area contributed by atoms with Gasteiger partial charge in [-0.2, -0.15) is 0 Å². The Morgan fingerprint density at radius 3 is 2.77 bits per heavy atom. The van der Waals surface area contributed by atoms with Crippen LogP contribution in [0.3, 0.4) is 0 Å². The second-order valence-electron chi connectivity index (χ2n) is 8.16. The van der Waals surface area contributed by atoms with E-state index in [0.29, 0.717) is 34.2 Å². The van der Waals surface area contributed by atoms with E-state index >= 15 is 0 Å². The summed E-state index contributed by atoms with van der Waals surface area (Å²) in [5.41, 5.74) is 1.59. The molecular weight excluding hydrogens is 494 g/mol. The van der Waals surface area contributed by atoms with Crippen molar-refractivity contribution in [3.63, 3.8) is 0 Å². The van der Waals surface area contributed by atoms with Crippen LogP contribution in [0.2, 0.25) is 0 Å². The quantitative estimate of drug-likeness (QED) is 0.443. The van der Waals surface area contributed by atoms with Crippen molar-refractivity contribution in [3.05, 3.63) is 40.3 Å². The molecule has 0 aliphatic heterocycles. The number of nitrogens with one attached hydrogen (secondary N) is 1. The van der Waals surface area contributed by atoms with Crippen molar-refractivity contribution >= 4 is 38.1 Å². The van der Waals surface area contributed by atoms with Crippen LogP contribution < -0.4 is 10.1 Å². The lowest BCUT2D eigenvalue weighted by Gasteiger charge is -2.18. The Hall–Kier alpha value is -3.25. The van der Waals surface area contributed by atoms with E-state index < -0.39 is 32.7 Å². The van der Waals surface area contributed by atoms with E-state index in [2.05, 4.69) is 22.4 Å². The highest BCUT2D eigenvalue weighted by Gasteiger charge is 2.31. The molecule has 0 saturated carbocycles. The van der Waals surface area contributed by atoms with Crippen LogP contribution in [0.25, 0.3) is 11.5 Å². The smallest absolute Gasteiger partial charge is 0.341 e. The lowest BCUT2D eigenvalue weighted by Crippen LogP contribution is -2.24. The molecule has 0 fully saturated rings. The van der Waals surface area contributed by atoms with Gasteiger partial charge in [-0.3, -0.25) is 4.79 Å². The number of amides is 1. The van der Waals surface area contributed by atoms with Gasteiger partial charge in [0.1, 0.15) is 16.5 Å². The van der Waals surface area contributed by atoms with Crippen molar-refractivity contribution in [3.8, 4) is 17.2 Å². The summed E-state index contributed by atoms with van der Waals surface area (Å²) in [6.07, 6.45) is 2.40. The zero-order valence-electron chi connectivity index (χ0n) is 19.5. The Morgan fingerprint density at radius 2 is 2.03 bits per heavy atom. The zero-order chi connectivity index (χ0) is 25.2. The number of carbonyl (C=O) groups excluding carboxylic acids is 2. The van der Waals surface area contributed by atoms with E-state index in [9.17, 15) is 18.0 Å². The number of fused-ring (bicyclic) bond motifs is 1. The summed E-state index contributed by atoms with van der Waals surface area (Å²) in [5.74, 6) is -1.45. The minimum Gasteiger partial charge on any atom is -0.496 e. The van der Waals surface area contributed by atoms with Crippen LogP contribution in [0.4, 0.5) is 5.00 Å². The molecule has 2 heterocycles. The van der Waals surface area contributed by atoms with Crippen molar-refractivity contribution in [2.45, 2.75) is 38.3 Å². The Kier molecular flexibility index (Phi) is 7.22. The maximum atomic E-state index is 12.8. The normalized spacial score (nSPS) is 15.3. The Bertz CT molecular complexity index is 1360. The third-order valence-corrected chi connectivity index (χ3v) is 8.08. The van der Waals surface area contributed by atoms with Gasteiger partial charge in [0.05, 0.1) is 24.8 Å². The Labute approximate surface area is 206 Å². The number of ether oxygens (including phenoxy) is 2. The summed E-state index contributed by atoms with van der Waals surface area (Å²) in [6, 6.07) is 6.77. The third kappa shape index (κ3) is 5.22. The molecule has 0 spiro atoms. The number of hydrogen-bond acceptors (Lipinski definition) is 10. The summed E-state index contributed by atoms with van der Waals surface area (Å²) >= 11 is 1.28. The molecule has 1 atom stereocenters. The summed E-state index contributed by atoms with van der Waals surface area (Å²) < 4.78 is 41.4. The van der Waals surface area contributed by atoms with Gasteiger partial charge in [-0.15, -0.1) is 16.4 Å². The van der Waals surface area contributed by atoms with E-state index in [4.69, 9.17) is 13.9 Å². The number of aromatic nitrogens is 2. The highest BCUT2D eigenvalue weighted by molar-refractivity contribution is 7.91. The molecule has 35 heavy (non-hydrogen) atoms. The van der Waals surface area contributed by atoms with Gasteiger partial charge >= 0.3 is 11.2 Å². The molecule has 1 amide bonds. The molecule has 1 aliphatic rings. The molecule has 4 rings (SSSR count). The number of para-hydroxylation sites is 1. The summed E-state index contributed by atoms with van der Waals surface area (Å²) in [7, 11) is -2.78. The standard InChI is InChI=1S/C23H25N3O7S2/c1-4-32-22(28)19-15-10-9-13(2)11-17(15)34-21(19)24-18(27)12-35(29,30)23-26-25-20(33-23)14-7-5-6-8-16(14)31-3/h5-8,13H,4,9-12H2,1-3H3,(H,24,27). The van der Waals surface area contributed by atoms with Crippen LogP contribution in [-0.2, 0) is 32.2 Å². The molecule has 186 valence electrons. The second kappa shape index (κ2) is 10.2. The number of hydrogen-bond donors (Lipinski definition) is 1. The number of methoxy groups -OCH3 is 1. The average Bonchev–Trinajstić information content (AvgIpc) is 3.44. The number of sulfone groups is 1. The number of esters is 1. The number of rotatable bonds is 8. The Morgan fingerprint density at radius 1 is 1.26 bits per heavy atom. The molecule has 12 heteroatoms. The van der Waals surface area contributed by atoms with Gasteiger partial charge in [0.2, 0.25) is 15.7 Å². The van der Waals surface area contributed by atoms with Gasteiger partial charge in [-0.1, -0.05) is 24.2 Å². The fraction of sp³-hybridized carbons (Fsp3) is 0.391. The minimum atomic E-state index is -4.25. The molecule has 1 unspecified atom stereocenters. The zero-order valence-corrected chi connectivity index (χ0v) is 21.1. The summed E-state index contributed by atoms with van der Waals surface area (Å²) in [4.78, 5) is 26.4.